The number of nitrogens with zero attached hydrogens (tertiary/aromatic N) is 2. The summed E-state index contributed by atoms with van der Waals surface area (Å²) in [4.78, 5) is 19.0. The molecular formula is C59H50N4. The Morgan fingerprint density at radius 1 is 0.333 bits per heavy atom. The van der Waals surface area contributed by atoms with Gasteiger partial charge in [0.05, 0.1) is 22.8 Å². The third-order valence-corrected chi connectivity index (χ3v) is 13.6. The van der Waals surface area contributed by atoms with Crippen LogP contribution in [0.1, 0.15) is 72.8 Å². The Hall–Kier alpha value is -7.30. The maximum absolute atomic E-state index is 5.62. The monoisotopic (exact) mass is 814 g/mol. The van der Waals surface area contributed by atoms with E-state index in [1.165, 1.54) is 55.6 Å². The summed E-state index contributed by atoms with van der Waals surface area (Å²) in [5, 5.41) is 0. The van der Waals surface area contributed by atoms with Gasteiger partial charge in [-0.3, -0.25) is 0 Å². The summed E-state index contributed by atoms with van der Waals surface area (Å²) in [6.45, 7) is 11.0. The Morgan fingerprint density at radius 2 is 0.635 bits per heavy atom. The van der Waals surface area contributed by atoms with Gasteiger partial charge in [-0.1, -0.05) is 120 Å². The SMILES string of the molecule is Cc1ccc(-c2c3nc(c(-c4ccc(C)cc4)c4ccc([nH]4)c(-c4cc5c(C)c(c4)CCc4cccc(c4C)CC5)c4nc(c(-c5ccc(C)cc5)c5ccc2[nH]5)C=C4)C=C3)cc1. The van der Waals surface area contributed by atoms with Gasteiger partial charge in [0.15, 0.2) is 0 Å². The molecule has 0 amide bonds. The predicted octanol–water partition coefficient (Wildman–Crippen LogP) is 14.7. The molecule has 0 saturated heterocycles. The largest absolute Gasteiger partial charge is 0.354 e. The van der Waals surface area contributed by atoms with E-state index in [0.717, 1.165) is 109 Å². The van der Waals surface area contributed by atoms with Crippen molar-refractivity contribution >= 4 is 46.4 Å². The molecule has 8 aromatic rings. The summed E-state index contributed by atoms with van der Waals surface area (Å²) in [5.74, 6) is 0. The van der Waals surface area contributed by atoms with Gasteiger partial charge in [0.25, 0.3) is 0 Å². The fourth-order valence-electron chi connectivity index (χ4n) is 9.90. The van der Waals surface area contributed by atoms with Crippen LogP contribution in [0.3, 0.4) is 0 Å². The molecule has 2 N–H and O–H groups in total. The number of rotatable bonds is 4. The van der Waals surface area contributed by atoms with Crippen molar-refractivity contribution < 1.29 is 0 Å². The van der Waals surface area contributed by atoms with E-state index in [2.05, 4.69) is 196 Å². The Kier molecular flexibility index (Phi) is 9.53. The van der Waals surface area contributed by atoms with E-state index in [0.29, 0.717) is 0 Å². The van der Waals surface area contributed by atoms with Gasteiger partial charge >= 0.3 is 0 Å². The van der Waals surface area contributed by atoms with Gasteiger partial charge < -0.3 is 9.97 Å². The van der Waals surface area contributed by atoms with Crippen LogP contribution in [0.25, 0.3) is 90.9 Å². The molecule has 12 bridgehead atoms. The van der Waals surface area contributed by atoms with Gasteiger partial charge in [0.1, 0.15) is 0 Å². The van der Waals surface area contributed by atoms with Gasteiger partial charge in [0.2, 0.25) is 0 Å². The molecule has 11 rings (SSSR count). The highest BCUT2D eigenvalue weighted by Crippen LogP contribution is 2.40. The van der Waals surface area contributed by atoms with Crippen molar-refractivity contribution in [3.8, 4) is 44.5 Å². The van der Waals surface area contributed by atoms with Gasteiger partial charge in [-0.05, 0) is 165 Å². The number of H-pyrrole nitrogens is 2. The second-order valence-electron chi connectivity index (χ2n) is 17.7. The molecule has 0 spiro atoms. The van der Waals surface area contributed by atoms with E-state index in [1.54, 1.807) is 0 Å². The molecule has 5 heterocycles. The highest BCUT2D eigenvalue weighted by atomic mass is 14.8. The first-order chi connectivity index (χ1) is 30.7. The van der Waals surface area contributed by atoms with E-state index in [1.807, 2.05) is 0 Å². The van der Waals surface area contributed by atoms with Crippen LogP contribution in [0.4, 0.5) is 0 Å². The lowest BCUT2D eigenvalue weighted by Gasteiger charge is -2.19. The second kappa shape index (κ2) is 15.6. The first-order valence-electron chi connectivity index (χ1n) is 22.3. The predicted molar refractivity (Wildman–Crippen MR) is 266 cm³/mol. The highest BCUT2D eigenvalue weighted by molar-refractivity contribution is 6.00. The van der Waals surface area contributed by atoms with Gasteiger partial charge in [0, 0.05) is 44.3 Å². The number of aromatic nitrogens is 4. The zero-order valence-corrected chi connectivity index (χ0v) is 36.7. The summed E-state index contributed by atoms with van der Waals surface area (Å²) in [7, 11) is 0. The fraction of sp³-hybridized carbons (Fsp3) is 0.153. The number of hydrogen-bond acceptors (Lipinski definition) is 2. The topological polar surface area (TPSA) is 57.4 Å². The van der Waals surface area contributed by atoms with Crippen molar-refractivity contribution in [3.63, 3.8) is 0 Å². The molecule has 3 aromatic heterocycles. The smallest absolute Gasteiger partial charge is 0.0737 e. The van der Waals surface area contributed by atoms with Crippen molar-refractivity contribution in [2.24, 2.45) is 0 Å². The van der Waals surface area contributed by atoms with Crippen LogP contribution in [-0.2, 0) is 25.7 Å². The summed E-state index contributed by atoms with van der Waals surface area (Å²) >= 11 is 0. The number of benzene rings is 5. The maximum atomic E-state index is 5.62. The molecule has 2 aliphatic heterocycles. The Bertz CT molecular complexity index is 3260. The van der Waals surface area contributed by atoms with E-state index < -0.39 is 0 Å². The molecular weight excluding hydrogens is 765 g/mol. The number of hydrogen-bond donors (Lipinski definition) is 2. The highest BCUT2D eigenvalue weighted by Gasteiger charge is 2.21. The van der Waals surface area contributed by atoms with Crippen molar-refractivity contribution in [1.29, 1.82) is 0 Å². The Labute approximate surface area is 369 Å². The second-order valence-corrected chi connectivity index (χ2v) is 17.7. The van der Waals surface area contributed by atoms with Crippen molar-refractivity contribution in [2.75, 3.05) is 0 Å². The first-order valence-corrected chi connectivity index (χ1v) is 22.3. The van der Waals surface area contributed by atoms with Crippen molar-refractivity contribution in [3.05, 3.63) is 200 Å². The summed E-state index contributed by atoms with van der Waals surface area (Å²) < 4.78 is 0. The zero-order chi connectivity index (χ0) is 42.8. The summed E-state index contributed by atoms with van der Waals surface area (Å²) in [6.07, 6.45) is 12.8. The minimum atomic E-state index is 0.915. The van der Waals surface area contributed by atoms with Crippen LogP contribution < -0.4 is 0 Å². The normalized spacial score (nSPS) is 13.1. The van der Waals surface area contributed by atoms with Gasteiger partial charge in [-0.25, -0.2) is 9.97 Å². The first kappa shape index (κ1) is 38.6. The van der Waals surface area contributed by atoms with Gasteiger partial charge in [-0.15, -0.1) is 0 Å². The quantitative estimate of drug-likeness (QED) is 0.186. The number of fused-ring (bicyclic) bond motifs is 12. The lowest BCUT2D eigenvalue weighted by molar-refractivity contribution is 0.875. The van der Waals surface area contributed by atoms with Gasteiger partial charge in [-0.2, -0.15) is 0 Å². The molecule has 0 fully saturated rings. The van der Waals surface area contributed by atoms with Crippen LogP contribution in [0.2, 0.25) is 0 Å². The van der Waals surface area contributed by atoms with E-state index >= 15 is 0 Å². The molecule has 0 saturated carbocycles. The number of aryl methyl sites for hydroxylation is 7. The van der Waals surface area contributed by atoms with Crippen molar-refractivity contribution in [2.45, 2.75) is 60.3 Å². The zero-order valence-electron chi connectivity index (χ0n) is 36.7. The van der Waals surface area contributed by atoms with Crippen LogP contribution in [0.5, 0.6) is 0 Å². The minimum Gasteiger partial charge on any atom is -0.354 e. The molecule has 3 aliphatic rings. The molecule has 0 radical (unpaired) electrons. The average molecular weight is 815 g/mol. The summed E-state index contributed by atoms with van der Waals surface area (Å²) in [5.41, 5.74) is 28.7. The molecule has 0 atom stereocenters. The summed E-state index contributed by atoms with van der Waals surface area (Å²) in [6, 6.07) is 47.1. The molecule has 63 heavy (non-hydrogen) atoms. The van der Waals surface area contributed by atoms with Crippen LogP contribution in [0, 0.1) is 34.6 Å². The lowest BCUT2D eigenvalue weighted by Crippen LogP contribution is -2.06. The lowest BCUT2D eigenvalue weighted by atomic mass is 9.86. The van der Waals surface area contributed by atoms with E-state index in [-0.39, 0.29) is 0 Å². The third kappa shape index (κ3) is 7.06. The molecule has 5 aromatic carbocycles. The molecule has 0 unspecified atom stereocenters. The molecule has 4 heteroatoms. The van der Waals surface area contributed by atoms with E-state index in [4.69, 9.17) is 9.97 Å². The molecule has 306 valence electrons. The number of aromatic amines is 2. The fourth-order valence-corrected chi connectivity index (χ4v) is 9.90. The maximum Gasteiger partial charge on any atom is 0.0737 e. The van der Waals surface area contributed by atoms with Crippen LogP contribution in [0.15, 0.2) is 127 Å². The average Bonchev–Trinajstić information content (AvgIpc) is 4.14. The van der Waals surface area contributed by atoms with Crippen LogP contribution in [-0.4, -0.2) is 19.9 Å². The third-order valence-electron chi connectivity index (χ3n) is 13.6. The standard InChI is InChI=1S/C59H50N4/c1-35-9-15-42(16-10-35)56-48-25-27-50(60-48)57(43-17-11-36(2)12-18-43)52-29-31-54(62-52)59(47-33-45-23-21-40-7-6-8-41(38(40)4)22-24-46(34-47)39(45)5)55-32-30-53(63-55)58(51-28-26-49(56)61-51)44-19-13-37(3)14-20-44/h6-20,25-34,60,63H,21-24H2,1-5H3. The molecule has 4 nitrogen and oxygen atoms in total. The minimum absolute atomic E-state index is 0.915. The van der Waals surface area contributed by atoms with Crippen LogP contribution >= 0.6 is 0 Å². The van der Waals surface area contributed by atoms with E-state index in [9.17, 15) is 0 Å². The Balaban J connectivity index is 1.25. The van der Waals surface area contributed by atoms with Crippen molar-refractivity contribution in [1.82, 2.24) is 19.9 Å². The molecule has 1 aliphatic carbocycles. The number of nitrogens with one attached hydrogen (secondary N) is 2. The Morgan fingerprint density at radius 3 is 0.984 bits per heavy atom.